The van der Waals surface area contributed by atoms with Crippen LogP contribution in [-0.2, 0) is 4.79 Å². The van der Waals surface area contributed by atoms with Crippen molar-refractivity contribution >= 4 is 17.1 Å². The van der Waals surface area contributed by atoms with Crippen LogP contribution in [0.5, 0.6) is 0 Å². The van der Waals surface area contributed by atoms with Crippen molar-refractivity contribution in [1.29, 1.82) is 0 Å². The quantitative estimate of drug-likeness (QED) is 0.636. The number of hydrogen-bond donors (Lipinski definition) is 0. The van der Waals surface area contributed by atoms with Crippen molar-refractivity contribution in [2.75, 3.05) is 0 Å². The van der Waals surface area contributed by atoms with E-state index in [9.17, 15) is 9.59 Å². The predicted octanol–water partition coefficient (Wildman–Crippen LogP) is 2.91. The highest BCUT2D eigenvalue weighted by molar-refractivity contribution is 6.13. The third kappa shape index (κ3) is 2.15. The maximum absolute atomic E-state index is 12.7. The number of rotatable bonds is 3. The smallest absolute Gasteiger partial charge is 0.177 e. The lowest BCUT2D eigenvalue weighted by Crippen LogP contribution is -2.31. The summed E-state index contributed by atoms with van der Waals surface area (Å²) in [5, 5.41) is 4.18. The second kappa shape index (κ2) is 5.19. The monoisotopic (exact) mass is 270 g/mol. The fourth-order valence-corrected chi connectivity index (χ4v) is 3.04. The molecule has 0 spiro atoms. The highest BCUT2D eigenvalue weighted by Gasteiger charge is 2.34. The van der Waals surface area contributed by atoms with Crippen molar-refractivity contribution in [1.82, 2.24) is 9.61 Å². The highest BCUT2D eigenvalue weighted by Crippen LogP contribution is 2.31. The van der Waals surface area contributed by atoms with Gasteiger partial charge in [0.05, 0.1) is 23.2 Å². The number of carbonyl (C=O) groups is 2. The van der Waals surface area contributed by atoms with E-state index in [1.807, 2.05) is 24.4 Å². The minimum Gasteiger partial charge on any atom is -0.299 e. The summed E-state index contributed by atoms with van der Waals surface area (Å²) in [7, 11) is 0. The molecule has 2 heterocycles. The van der Waals surface area contributed by atoms with Crippen LogP contribution in [0, 0.1) is 11.8 Å². The van der Waals surface area contributed by atoms with Gasteiger partial charge in [-0.1, -0.05) is 19.4 Å². The fourth-order valence-electron chi connectivity index (χ4n) is 3.04. The number of pyridine rings is 1. The van der Waals surface area contributed by atoms with Crippen molar-refractivity contribution in [3.63, 3.8) is 0 Å². The summed E-state index contributed by atoms with van der Waals surface area (Å²) in [6.07, 6.45) is 6.58. The first-order valence-corrected chi connectivity index (χ1v) is 7.20. The normalized spacial score (nSPS) is 23.1. The zero-order valence-corrected chi connectivity index (χ0v) is 11.6. The van der Waals surface area contributed by atoms with Crippen molar-refractivity contribution in [3.8, 4) is 0 Å². The standard InChI is InChI=1S/C16H18N2O2/c1-2-11-6-7-15(19)12(9-11)16(20)13-10-17-18-8-4-3-5-14(13)18/h3-5,8,10-12H,2,6-7,9H2,1H3. The Balaban J connectivity index is 1.93. The van der Waals surface area contributed by atoms with E-state index < -0.39 is 5.92 Å². The molecule has 0 radical (unpaired) electrons. The van der Waals surface area contributed by atoms with Crippen molar-refractivity contribution in [3.05, 3.63) is 36.2 Å². The van der Waals surface area contributed by atoms with Crippen LogP contribution in [0.3, 0.4) is 0 Å². The van der Waals surface area contributed by atoms with Gasteiger partial charge in [-0.3, -0.25) is 9.59 Å². The first-order chi connectivity index (χ1) is 9.70. The zero-order chi connectivity index (χ0) is 14.1. The van der Waals surface area contributed by atoms with Gasteiger partial charge in [0, 0.05) is 12.6 Å². The molecule has 1 aliphatic carbocycles. The number of hydrogen-bond acceptors (Lipinski definition) is 3. The second-order valence-electron chi connectivity index (χ2n) is 5.52. The lowest BCUT2D eigenvalue weighted by molar-refractivity contribution is -0.123. The Bertz CT molecular complexity index is 659. The van der Waals surface area contributed by atoms with E-state index in [0.717, 1.165) is 18.4 Å². The van der Waals surface area contributed by atoms with Gasteiger partial charge >= 0.3 is 0 Å². The molecule has 0 saturated heterocycles. The van der Waals surface area contributed by atoms with Gasteiger partial charge in [-0.25, -0.2) is 4.52 Å². The van der Waals surface area contributed by atoms with Crippen LogP contribution >= 0.6 is 0 Å². The number of fused-ring (bicyclic) bond motifs is 1. The molecule has 0 N–H and O–H groups in total. The van der Waals surface area contributed by atoms with Crippen LogP contribution < -0.4 is 0 Å². The van der Waals surface area contributed by atoms with Crippen LogP contribution in [0.15, 0.2) is 30.6 Å². The second-order valence-corrected chi connectivity index (χ2v) is 5.52. The molecular formula is C16H18N2O2. The summed E-state index contributed by atoms with van der Waals surface area (Å²) in [4.78, 5) is 24.8. The molecule has 20 heavy (non-hydrogen) atoms. The van der Waals surface area contributed by atoms with Crippen LogP contribution in [-0.4, -0.2) is 21.2 Å². The molecule has 2 atom stereocenters. The molecule has 0 aliphatic heterocycles. The van der Waals surface area contributed by atoms with Crippen LogP contribution in [0.1, 0.15) is 43.0 Å². The number of ketones is 2. The number of nitrogens with zero attached hydrogens (tertiary/aromatic N) is 2. The molecule has 104 valence electrons. The fraction of sp³-hybridized carbons (Fsp3) is 0.438. The van der Waals surface area contributed by atoms with Crippen molar-refractivity contribution in [2.24, 2.45) is 11.8 Å². The van der Waals surface area contributed by atoms with Crippen LogP contribution in [0.25, 0.3) is 5.52 Å². The third-order valence-corrected chi connectivity index (χ3v) is 4.34. The first kappa shape index (κ1) is 13.0. The van der Waals surface area contributed by atoms with Crippen molar-refractivity contribution < 1.29 is 9.59 Å². The first-order valence-electron chi connectivity index (χ1n) is 7.20. The summed E-state index contributed by atoms with van der Waals surface area (Å²) < 4.78 is 1.68. The Morgan fingerprint density at radius 3 is 3.10 bits per heavy atom. The molecule has 2 aromatic rings. The average molecular weight is 270 g/mol. The van der Waals surface area contributed by atoms with Gasteiger partial charge in [0.2, 0.25) is 0 Å². The number of aromatic nitrogens is 2. The van der Waals surface area contributed by atoms with Gasteiger partial charge in [0.15, 0.2) is 5.78 Å². The highest BCUT2D eigenvalue weighted by atomic mass is 16.2. The van der Waals surface area contributed by atoms with Gasteiger partial charge in [-0.2, -0.15) is 5.10 Å². The summed E-state index contributed by atoms with van der Waals surface area (Å²) in [6.45, 7) is 2.12. The number of Topliss-reactive ketones (excluding diaryl/α,β-unsaturated/α-hetero) is 2. The molecule has 0 aromatic carbocycles. The van der Waals surface area contributed by atoms with Crippen LogP contribution in [0.4, 0.5) is 0 Å². The molecule has 3 rings (SSSR count). The lowest BCUT2D eigenvalue weighted by atomic mass is 9.76. The predicted molar refractivity (Wildman–Crippen MR) is 75.7 cm³/mol. The van der Waals surface area contributed by atoms with Gasteiger partial charge in [-0.15, -0.1) is 0 Å². The molecule has 4 nitrogen and oxygen atoms in total. The maximum Gasteiger partial charge on any atom is 0.177 e. The van der Waals surface area contributed by atoms with E-state index >= 15 is 0 Å². The maximum atomic E-state index is 12.7. The zero-order valence-electron chi connectivity index (χ0n) is 11.6. The average Bonchev–Trinajstić information content (AvgIpc) is 2.91. The largest absolute Gasteiger partial charge is 0.299 e. The molecular weight excluding hydrogens is 252 g/mol. The SMILES string of the molecule is CCC1CCC(=O)C(C(=O)c2cnn3ccccc23)C1. The summed E-state index contributed by atoms with van der Waals surface area (Å²) in [5.74, 6) is 0.0507. The molecule has 1 aliphatic rings. The number of carbonyl (C=O) groups excluding carboxylic acids is 2. The molecule has 2 aromatic heterocycles. The molecule has 0 amide bonds. The van der Waals surface area contributed by atoms with Gasteiger partial charge in [0.25, 0.3) is 0 Å². The summed E-state index contributed by atoms with van der Waals surface area (Å²) >= 11 is 0. The minimum atomic E-state index is -0.470. The van der Waals surface area contributed by atoms with Gasteiger partial charge in [-0.05, 0) is 30.9 Å². The Hall–Kier alpha value is -1.97. The van der Waals surface area contributed by atoms with E-state index in [2.05, 4.69) is 12.0 Å². The Morgan fingerprint density at radius 1 is 1.45 bits per heavy atom. The lowest BCUT2D eigenvalue weighted by Gasteiger charge is -2.26. The van der Waals surface area contributed by atoms with E-state index in [-0.39, 0.29) is 11.6 Å². The van der Waals surface area contributed by atoms with Crippen molar-refractivity contribution in [2.45, 2.75) is 32.6 Å². The Morgan fingerprint density at radius 2 is 2.30 bits per heavy atom. The van der Waals surface area contributed by atoms with Gasteiger partial charge < -0.3 is 0 Å². The molecule has 1 fully saturated rings. The van der Waals surface area contributed by atoms with E-state index in [0.29, 0.717) is 24.3 Å². The molecule has 4 heteroatoms. The van der Waals surface area contributed by atoms with Gasteiger partial charge in [0.1, 0.15) is 5.78 Å². The molecule has 2 unspecified atom stereocenters. The van der Waals surface area contributed by atoms with E-state index in [1.165, 1.54) is 0 Å². The Labute approximate surface area is 117 Å². The molecule has 0 bridgehead atoms. The van der Waals surface area contributed by atoms with E-state index in [1.54, 1.807) is 10.7 Å². The Kier molecular flexibility index (Phi) is 3.38. The summed E-state index contributed by atoms with van der Waals surface area (Å²) in [6, 6.07) is 5.61. The summed E-state index contributed by atoms with van der Waals surface area (Å²) in [5.41, 5.74) is 1.35. The van der Waals surface area contributed by atoms with E-state index in [4.69, 9.17) is 0 Å². The topological polar surface area (TPSA) is 51.4 Å². The molecule has 1 saturated carbocycles. The minimum absolute atomic E-state index is 0.0608. The van der Waals surface area contributed by atoms with Crippen LogP contribution in [0.2, 0.25) is 0 Å². The third-order valence-electron chi connectivity index (χ3n) is 4.34.